The molecule has 0 radical (unpaired) electrons. The summed E-state index contributed by atoms with van der Waals surface area (Å²) in [7, 11) is -1.87. The van der Waals surface area contributed by atoms with Crippen LogP contribution >= 0.6 is 0 Å². The van der Waals surface area contributed by atoms with E-state index in [1.165, 1.54) is 4.31 Å². The molecule has 1 aromatic rings. The molecule has 6 heteroatoms. The van der Waals surface area contributed by atoms with Crippen LogP contribution in [0.2, 0.25) is 0 Å². The van der Waals surface area contributed by atoms with Gasteiger partial charge in [0.15, 0.2) is 0 Å². The van der Waals surface area contributed by atoms with E-state index >= 15 is 0 Å². The molecule has 1 atom stereocenters. The van der Waals surface area contributed by atoms with E-state index < -0.39 is 10.2 Å². The predicted octanol–water partition coefficient (Wildman–Crippen LogP) is 1.52. The smallest absolute Gasteiger partial charge is 0.279 e. The Morgan fingerprint density at radius 3 is 2.70 bits per heavy atom. The fourth-order valence-corrected chi connectivity index (χ4v) is 3.15. The summed E-state index contributed by atoms with van der Waals surface area (Å²) in [6.07, 6.45) is 3.12. The first-order valence-electron chi connectivity index (χ1n) is 6.94. The Labute approximate surface area is 121 Å². The fourth-order valence-electron chi connectivity index (χ4n) is 2.22. The van der Waals surface area contributed by atoms with E-state index in [-0.39, 0.29) is 6.10 Å². The van der Waals surface area contributed by atoms with Crippen LogP contribution in [0.15, 0.2) is 30.3 Å². The summed E-state index contributed by atoms with van der Waals surface area (Å²) in [6.45, 7) is 1.44. The van der Waals surface area contributed by atoms with Crippen molar-refractivity contribution in [1.29, 1.82) is 0 Å². The molecule has 0 spiro atoms. The molecule has 20 heavy (non-hydrogen) atoms. The summed E-state index contributed by atoms with van der Waals surface area (Å²) in [4.78, 5) is 0. The molecule has 0 aromatic heterocycles. The second-order valence-corrected chi connectivity index (χ2v) is 6.94. The largest absolute Gasteiger partial charge is 0.377 e. The van der Waals surface area contributed by atoms with Gasteiger partial charge in [-0.2, -0.15) is 17.4 Å². The van der Waals surface area contributed by atoms with E-state index in [2.05, 4.69) is 4.72 Å². The average molecular weight is 298 g/mol. The molecular weight excluding hydrogens is 276 g/mol. The number of rotatable bonds is 6. The first kappa shape index (κ1) is 15.4. The van der Waals surface area contributed by atoms with Crippen molar-refractivity contribution in [3.63, 3.8) is 0 Å². The standard InChI is InChI=1S/C14H22N2O3S/c1-16(12-14-9-5-6-10-19-14)20(17,18)15-11-13-7-3-2-4-8-13/h2-4,7-8,14-15H,5-6,9-12H2,1H3. The lowest BCUT2D eigenvalue weighted by Crippen LogP contribution is -2.43. The highest BCUT2D eigenvalue weighted by Crippen LogP contribution is 2.14. The minimum absolute atomic E-state index is 0.0158. The van der Waals surface area contributed by atoms with Crippen LogP contribution in [0.5, 0.6) is 0 Å². The van der Waals surface area contributed by atoms with Gasteiger partial charge in [-0.15, -0.1) is 0 Å². The number of nitrogens with one attached hydrogen (secondary N) is 1. The number of hydrogen-bond donors (Lipinski definition) is 1. The van der Waals surface area contributed by atoms with Gasteiger partial charge in [-0.1, -0.05) is 30.3 Å². The zero-order valence-electron chi connectivity index (χ0n) is 11.8. The van der Waals surface area contributed by atoms with Crippen LogP contribution in [0.3, 0.4) is 0 Å². The van der Waals surface area contributed by atoms with Crippen LogP contribution in [0.4, 0.5) is 0 Å². The molecule has 1 saturated heterocycles. The van der Waals surface area contributed by atoms with Crippen LogP contribution in [0.25, 0.3) is 0 Å². The third-order valence-electron chi connectivity index (χ3n) is 3.45. The Kier molecular flexibility index (Phi) is 5.54. The monoisotopic (exact) mass is 298 g/mol. The maximum atomic E-state index is 12.1. The van der Waals surface area contributed by atoms with Crippen molar-refractivity contribution in [3.05, 3.63) is 35.9 Å². The molecule has 0 aliphatic carbocycles. The van der Waals surface area contributed by atoms with E-state index in [0.29, 0.717) is 13.1 Å². The molecule has 1 N–H and O–H groups in total. The highest BCUT2D eigenvalue weighted by atomic mass is 32.2. The lowest BCUT2D eigenvalue weighted by atomic mass is 10.1. The Bertz CT molecular complexity index is 498. The van der Waals surface area contributed by atoms with Crippen molar-refractivity contribution in [3.8, 4) is 0 Å². The number of ether oxygens (including phenoxy) is 1. The quantitative estimate of drug-likeness (QED) is 0.866. The first-order valence-corrected chi connectivity index (χ1v) is 8.38. The minimum atomic E-state index is -3.45. The molecule has 0 saturated carbocycles. The number of benzene rings is 1. The zero-order valence-corrected chi connectivity index (χ0v) is 12.6. The highest BCUT2D eigenvalue weighted by Gasteiger charge is 2.23. The topological polar surface area (TPSA) is 58.6 Å². The Hall–Kier alpha value is -0.950. The molecule has 2 rings (SSSR count). The number of hydrogen-bond acceptors (Lipinski definition) is 3. The van der Waals surface area contributed by atoms with Gasteiger partial charge >= 0.3 is 0 Å². The van der Waals surface area contributed by atoms with Crippen LogP contribution in [-0.4, -0.2) is 39.0 Å². The first-order chi connectivity index (χ1) is 9.58. The van der Waals surface area contributed by atoms with E-state index in [1.807, 2.05) is 30.3 Å². The van der Waals surface area contributed by atoms with E-state index in [9.17, 15) is 8.42 Å². The number of likely N-dealkylation sites (N-methyl/N-ethyl adjacent to an activating group) is 1. The summed E-state index contributed by atoms with van der Waals surface area (Å²) in [5.41, 5.74) is 0.943. The van der Waals surface area contributed by atoms with Gasteiger partial charge in [0.25, 0.3) is 10.2 Å². The summed E-state index contributed by atoms with van der Waals surface area (Å²) in [5.74, 6) is 0. The van der Waals surface area contributed by atoms with Gasteiger partial charge in [0, 0.05) is 26.7 Å². The molecule has 1 heterocycles. The van der Waals surface area contributed by atoms with Crippen LogP contribution < -0.4 is 4.72 Å². The molecule has 1 aromatic carbocycles. The Morgan fingerprint density at radius 2 is 2.05 bits per heavy atom. The molecule has 1 fully saturated rings. The van der Waals surface area contributed by atoms with Gasteiger partial charge in [-0.3, -0.25) is 0 Å². The average Bonchev–Trinajstić information content (AvgIpc) is 2.47. The maximum absolute atomic E-state index is 12.1. The van der Waals surface area contributed by atoms with Gasteiger partial charge in [0.05, 0.1) is 6.10 Å². The SMILES string of the molecule is CN(CC1CCCCO1)S(=O)(=O)NCc1ccccc1. The minimum Gasteiger partial charge on any atom is -0.377 e. The van der Waals surface area contributed by atoms with Crippen molar-refractivity contribution in [1.82, 2.24) is 9.03 Å². The van der Waals surface area contributed by atoms with Crippen LogP contribution in [0, 0.1) is 0 Å². The third-order valence-corrected chi connectivity index (χ3v) is 4.93. The second-order valence-electron chi connectivity index (χ2n) is 5.08. The second kappa shape index (κ2) is 7.17. The van der Waals surface area contributed by atoms with Gasteiger partial charge < -0.3 is 4.74 Å². The summed E-state index contributed by atoms with van der Waals surface area (Å²) in [6, 6.07) is 9.48. The highest BCUT2D eigenvalue weighted by molar-refractivity contribution is 7.87. The van der Waals surface area contributed by atoms with Crippen molar-refractivity contribution >= 4 is 10.2 Å². The lowest BCUT2D eigenvalue weighted by Gasteiger charge is -2.27. The summed E-state index contributed by atoms with van der Waals surface area (Å²) >= 11 is 0. The van der Waals surface area contributed by atoms with E-state index in [4.69, 9.17) is 4.74 Å². The Morgan fingerprint density at radius 1 is 1.30 bits per heavy atom. The van der Waals surface area contributed by atoms with Crippen molar-refractivity contribution in [2.24, 2.45) is 0 Å². The Balaban J connectivity index is 1.85. The third kappa shape index (κ3) is 4.56. The number of nitrogens with zero attached hydrogens (tertiary/aromatic N) is 1. The zero-order chi connectivity index (χ0) is 14.4. The lowest BCUT2D eigenvalue weighted by molar-refractivity contribution is 0.00845. The van der Waals surface area contributed by atoms with Crippen LogP contribution in [0.1, 0.15) is 24.8 Å². The molecule has 1 unspecified atom stereocenters. The van der Waals surface area contributed by atoms with Crippen molar-refractivity contribution in [2.45, 2.75) is 31.9 Å². The van der Waals surface area contributed by atoms with E-state index in [1.54, 1.807) is 7.05 Å². The maximum Gasteiger partial charge on any atom is 0.279 e. The van der Waals surface area contributed by atoms with Gasteiger partial charge in [0.1, 0.15) is 0 Å². The molecule has 1 aliphatic rings. The van der Waals surface area contributed by atoms with Crippen molar-refractivity contribution < 1.29 is 13.2 Å². The molecule has 5 nitrogen and oxygen atoms in total. The molecule has 0 amide bonds. The summed E-state index contributed by atoms with van der Waals surface area (Å²) < 4.78 is 33.8. The fraction of sp³-hybridized carbons (Fsp3) is 0.571. The van der Waals surface area contributed by atoms with Crippen LogP contribution in [-0.2, 0) is 21.5 Å². The molecule has 0 bridgehead atoms. The predicted molar refractivity (Wildman–Crippen MR) is 78.4 cm³/mol. The van der Waals surface area contributed by atoms with Crippen molar-refractivity contribution in [2.75, 3.05) is 20.2 Å². The molecule has 112 valence electrons. The summed E-state index contributed by atoms with van der Waals surface area (Å²) in [5, 5.41) is 0. The molecule has 1 aliphatic heterocycles. The van der Waals surface area contributed by atoms with E-state index in [0.717, 1.165) is 31.4 Å². The normalized spacial score (nSPS) is 20.2. The van der Waals surface area contributed by atoms with Gasteiger partial charge in [-0.25, -0.2) is 0 Å². The molecular formula is C14H22N2O3S. The van der Waals surface area contributed by atoms with Gasteiger partial charge in [0.2, 0.25) is 0 Å². The van der Waals surface area contributed by atoms with Gasteiger partial charge in [-0.05, 0) is 24.8 Å².